The predicted molar refractivity (Wildman–Crippen MR) is 149 cm³/mol. The highest BCUT2D eigenvalue weighted by Crippen LogP contribution is 2.26. The number of hydrogen-bond acceptors (Lipinski definition) is 6. The number of amides is 2. The quantitative estimate of drug-likeness (QED) is 0.303. The van der Waals surface area contributed by atoms with Gasteiger partial charge in [0.15, 0.2) is 0 Å². The molecule has 3 aromatic carbocycles. The van der Waals surface area contributed by atoms with Crippen molar-refractivity contribution >= 4 is 22.0 Å². The summed E-state index contributed by atoms with van der Waals surface area (Å²) in [5.41, 5.74) is 3.44. The number of carboxylic acid groups (broad SMARTS) is 1. The molecular weight excluding hydrogens is 520 g/mol. The Hall–Kier alpha value is -3.89. The second-order valence-corrected chi connectivity index (χ2v) is 11.4. The molecule has 0 aliphatic carbocycles. The van der Waals surface area contributed by atoms with Gasteiger partial charge in [-0.15, -0.1) is 0 Å². The molecule has 9 nitrogen and oxygen atoms in total. The Morgan fingerprint density at radius 2 is 1.62 bits per heavy atom. The van der Waals surface area contributed by atoms with Crippen LogP contribution in [0, 0.1) is 5.92 Å². The number of carbonyl (C=O) groups excluding carboxylic acids is 1. The van der Waals surface area contributed by atoms with E-state index in [0.29, 0.717) is 23.3 Å². The molecule has 0 aliphatic rings. The van der Waals surface area contributed by atoms with Crippen molar-refractivity contribution in [2.45, 2.75) is 26.4 Å². The first kappa shape index (κ1) is 29.7. The van der Waals surface area contributed by atoms with Crippen molar-refractivity contribution in [1.82, 2.24) is 9.62 Å². The third-order valence-corrected chi connectivity index (χ3v) is 6.48. The monoisotopic (exact) mass is 554 g/mol. The van der Waals surface area contributed by atoms with E-state index in [-0.39, 0.29) is 25.6 Å². The maximum Gasteiger partial charge on any atom is 0.407 e. The molecule has 0 saturated heterocycles. The molecule has 0 fully saturated rings. The smallest absolute Gasteiger partial charge is 0.407 e. The number of ether oxygens (including phenoxy) is 1. The zero-order chi connectivity index (χ0) is 28.6. The topological polar surface area (TPSA) is 133 Å². The van der Waals surface area contributed by atoms with Crippen LogP contribution in [0.3, 0.4) is 0 Å². The van der Waals surface area contributed by atoms with Crippen LogP contribution >= 0.6 is 0 Å². The van der Waals surface area contributed by atoms with Crippen LogP contribution in [0.25, 0.3) is 11.1 Å². The normalized spacial score (nSPS) is 12.1. The van der Waals surface area contributed by atoms with Crippen molar-refractivity contribution in [2.75, 3.05) is 26.0 Å². The molecule has 10 heteroatoms. The predicted octanol–water partition coefficient (Wildman–Crippen LogP) is 4.33. The van der Waals surface area contributed by atoms with Gasteiger partial charge < -0.3 is 19.8 Å². The van der Waals surface area contributed by atoms with Crippen molar-refractivity contribution in [1.29, 1.82) is 0 Å². The molecule has 0 spiro atoms. The highest BCUT2D eigenvalue weighted by Gasteiger charge is 2.19. The summed E-state index contributed by atoms with van der Waals surface area (Å²) < 4.78 is 30.8. The van der Waals surface area contributed by atoms with Crippen molar-refractivity contribution < 1.29 is 33.0 Å². The van der Waals surface area contributed by atoms with Crippen LogP contribution in [0.5, 0.6) is 5.75 Å². The summed E-state index contributed by atoms with van der Waals surface area (Å²) in [4.78, 5) is 25.3. The molecule has 3 N–H and O–H groups in total. The average Bonchev–Trinajstić information content (AvgIpc) is 2.87. The molecule has 3 rings (SSSR count). The SMILES string of the molecule is CC(C)Cc1cc(-c2ccc(OCCN(C[C@H](O)c3ccccc3)C(=O)O)cc2)ccc1C(=O)NS(C)(=O)=O. The first-order valence-corrected chi connectivity index (χ1v) is 14.4. The maximum absolute atomic E-state index is 12.5. The van der Waals surface area contributed by atoms with Gasteiger partial charge in [-0.1, -0.05) is 68.4 Å². The first-order valence-electron chi connectivity index (χ1n) is 12.5. The van der Waals surface area contributed by atoms with Gasteiger partial charge in [-0.2, -0.15) is 0 Å². The van der Waals surface area contributed by atoms with E-state index in [2.05, 4.69) is 0 Å². The Morgan fingerprint density at radius 1 is 0.974 bits per heavy atom. The van der Waals surface area contributed by atoms with Crippen molar-refractivity contribution in [3.05, 3.63) is 89.5 Å². The Labute approximate surface area is 229 Å². The largest absolute Gasteiger partial charge is 0.492 e. The van der Waals surface area contributed by atoms with Crippen LogP contribution in [0.1, 0.15) is 41.4 Å². The fourth-order valence-electron chi connectivity index (χ4n) is 4.10. The Balaban J connectivity index is 1.65. The Morgan fingerprint density at radius 3 is 2.21 bits per heavy atom. The van der Waals surface area contributed by atoms with Gasteiger partial charge in [0.1, 0.15) is 12.4 Å². The van der Waals surface area contributed by atoms with Gasteiger partial charge in [0, 0.05) is 5.56 Å². The zero-order valence-corrected chi connectivity index (χ0v) is 23.0. The molecule has 0 aromatic heterocycles. The molecule has 0 unspecified atom stereocenters. The summed E-state index contributed by atoms with van der Waals surface area (Å²) >= 11 is 0. The summed E-state index contributed by atoms with van der Waals surface area (Å²) in [5.74, 6) is 0.148. The van der Waals surface area contributed by atoms with Gasteiger partial charge >= 0.3 is 6.09 Å². The number of sulfonamides is 1. The number of rotatable bonds is 12. The van der Waals surface area contributed by atoms with Crippen LogP contribution in [0.4, 0.5) is 4.79 Å². The molecule has 0 radical (unpaired) electrons. The van der Waals surface area contributed by atoms with Crippen LogP contribution in [-0.2, 0) is 16.4 Å². The number of nitrogens with zero attached hydrogens (tertiary/aromatic N) is 1. The third kappa shape index (κ3) is 9.12. The maximum atomic E-state index is 12.5. The van der Waals surface area contributed by atoms with Crippen LogP contribution in [0.2, 0.25) is 0 Å². The third-order valence-electron chi connectivity index (χ3n) is 5.92. The van der Waals surface area contributed by atoms with E-state index >= 15 is 0 Å². The molecule has 0 aliphatic heterocycles. The average molecular weight is 555 g/mol. The highest BCUT2D eigenvalue weighted by atomic mass is 32.2. The summed E-state index contributed by atoms with van der Waals surface area (Å²) in [6, 6.07) is 21.4. The highest BCUT2D eigenvalue weighted by molar-refractivity contribution is 7.89. The van der Waals surface area contributed by atoms with E-state index in [4.69, 9.17) is 4.74 Å². The fraction of sp³-hybridized carbons (Fsp3) is 0.310. The minimum atomic E-state index is -3.68. The Bertz CT molecular complexity index is 1370. The number of carbonyl (C=O) groups is 2. The lowest BCUT2D eigenvalue weighted by molar-refractivity contribution is 0.0894. The summed E-state index contributed by atoms with van der Waals surface area (Å²) in [6.45, 7) is 4.15. The van der Waals surface area contributed by atoms with Crippen LogP contribution < -0.4 is 9.46 Å². The number of hydrogen-bond donors (Lipinski definition) is 3. The van der Waals surface area contributed by atoms with Crippen LogP contribution in [-0.4, -0.2) is 61.5 Å². The molecule has 0 bridgehead atoms. The van der Waals surface area contributed by atoms with Crippen molar-refractivity contribution in [2.24, 2.45) is 5.92 Å². The van der Waals surface area contributed by atoms with E-state index in [1.165, 1.54) is 0 Å². The molecule has 208 valence electrons. The minimum absolute atomic E-state index is 0.0709. The second-order valence-electron chi connectivity index (χ2n) is 9.70. The van der Waals surface area contributed by atoms with Gasteiger partial charge in [0.05, 0.1) is 25.4 Å². The fourth-order valence-corrected chi connectivity index (χ4v) is 4.55. The molecule has 39 heavy (non-hydrogen) atoms. The van der Waals surface area contributed by atoms with E-state index in [0.717, 1.165) is 27.8 Å². The van der Waals surface area contributed by atoms with E-state index < -0.39 is 28.1 Å². The van der Waals surface area contributed by atoms with Crippen LogP contribution in [0.15, 0.2) is 72.8 Å². The lowest BCUT2D eigenvalue weighted by atomic mass is 9.93. The van der Waals surface area contributed by atoms with Crippen molar-refractivity contribution in [3.8, 4) is 16.9 Å². The number of nitrogens with one attached hydrogen (secondary N) is 1. The van der Waals surface area contributed by atoms with Gasteiger partial charge in [0.2, 0.25) is 10.0 Å². The van der Waals surface area contributed by atoms with E-state index in [1.807, 2.05) is 42.8 Å². The molecule has 2 amide bonds. The molecule has 0 heterocycles. The molecule has 0 saturated carbocycles. The van der Waals surface area contributed by atoms with E-state index in [9.17, 15) is 28.2 Å². The summed E-state index contributed by atoms with van der Waals surface area (Å²) in [6.07, 6.45) is -0.542. The molecular formula is C29H34N2O7S. The Kier molecular flexibility index (Phi) is 10.1. The summed E-state index contributed by atoms with van der Waals surface area (Å²) in [5, 5.41) is 19.9. The number of benzene rings is 3. The first-order chi connectivity index (χ1) is 18.4. The lowest BCUT2D eigenvalue weighted by Gasteiger charge is -2.22. The van der Waals surface area contributed by atoms with Gasteiger partial charge in [-0.3, -0.25) is 4.79 Å². The molecule has 3 aromatic rings. The standard InChI is InChI=1S/C29H34N2O7S/c1-20(2)17-24-18-23(11-14-26(24)28(33)30-39(3,36)37)21-9-12-25(13-10-21)38-16-15-31(29(34)35)19-27(32)22-7-5-4-6-8-22/h4-14,18,20,27,32H,15-17,19H2,1-3H3,(H,30,33)(H,34,35)/t27-/m0/s1. The number of aliphatic hydroxyl groups excluding tert-OH is 1. The lowest BCUT2D eigenvalue weighted by Crippen LogP contribution is -2.36. The van der Waals surface area contributed by atoms with Gasteiger partial charge in [0.25, 0.3) is 5.91 Å². The summed E-state index contributed by atoms with van der Waals surface area (Å²) in [7, 11) is -3.68. The number of aliphatic hydroxyl groups is 1. The molecule has 1 atom stereocenters. The van der Waals surface area contributed by atoms with Gasteiger partial charge in [-0.25, -0.2) is 17.9 Å². The van der Waals surface area contributed by atoms with E-state index in [1.54, 1.807) is 48.5 Å². The minimum Gasteiger partial charge on any atom is -0.492 e. The van der Waals surface area contributed by atoms with Gasteiger partial charge in [-0.05, 0) is 52.8 Å². The zero-order valence-electron chi connectivity index (χ0n) is 22.2. The van der Waals surface area contributed by atoms with Crippen molar-refractivity contribution in [3.63, 3.8) is 0 Å². The second kappa shape index (κ2) is 13.3.